The largest absolute Gasteiger partial charge is 0.390 e. The van der Waals surface area contributed by atoms with Gasteiger partial charge >= 0.3 is 0 Å². The SMILES string of the molecule is O[C@H]1CCc2ccccc2[C@H]1OCCOCCO[C@@H]1c2ccccc2CC[C@@H]1O. The smallest absolute Gasteiger partial charge is 0.109 e. The molecule has 0 saturated heterocycles. The second-order valence-corrected chi connectivity index (χ2v) is 7.80. The Kier molecular flexibility index (Phi) is 6.95. The minimum absolute atomic E-state index is 0.284. The highest BCUT2D eigenvalue weighted by Gasteiger charge is 2.29. The molecule has 2 aliphatic carbocycles. The third kappa shape index (κ3) is 4.87. The first-order valence-electron chi connectivity index (χ1n) is 10.6. The van der Waals surface area contributed by atoms with Crippen LogP contribution >= 0.6 is 0 Å². The lowest BCUT2D eigenvalue weighted by Crippen LogP contribution is -2.29. The van der Waals surface area contributed by atoms with Crippen LogP contribution in [0.3, 0.4) is 0 Å². The van der Waals surface area contributed by atoms with Gasteiger partial charge in [0.1, 0.15) is 12.2 Å². The van der Waals surface area contributed by atoms with Gasteiger partial charge in [-0.25, -0.2) is 0 Å². The first kappa shape index (κ1) is 20.5. The fourth-order valence-corrected chi connectivity index (χ4v) is 4.37. The molecule has 0 bridgehead atoms. The molecular formula is C24H30O5. The molecule has 29 heavy (non-hydrogen) atoms. The van der Waals surface area contributed by atoms with Crippen LogP contribution in [0.2, 0.25) is 0 Å². The average molecular weight is 398 g/mol. The maximum atomic E-state index is 10.3. The van der Waals surface area contributed by atoms with Crippen LogP contribution < -0.4 is 0 Å². The number of ether oxygens (including phenoxy) is 3. The van der Waals surface area contributed by atoms with Gasteiger partial charge in [-0.2, -0.15) is 0 Å². The molecule has 0 saturated carbocycles. The van der Waals surface area contributed by atoms with E-state index in [-0.39, 0.29) is 12.2 Å². The lowest BCUT2D eigenvalue weighted by atomic mass is 9.87. The predicted molar refractivity (Wildman–Crippen MR) is 110 cm³/mol. The van der Waals surface area contributed by atoms with Gasteiger partial charge in [0.25, 0.3) is 0 Å². The summed E-state index contributed by atoms with van der Waals surface area (Å²) in [7, 11) is 0. The van der Waals surface area contributed by atoms with Gasteiger partial charge in [0, 0.05) is 0 Å². The minimum Gasteiger partial charge on any atom is -0.390 e. The summed E-state index contributed by atoms with van der Waals surface area (Å²) in [5.41, 5.74) is 4.67. The van der Waals surface area contributed by atoms with E-state index in [9.17, 15) is 10.2 Å². The maximum Gasteiger partial charge on any atom is 0.109 e. The van der Waals surface area contributed by atoms with Crippen molar-refractivity contribution >= 4 is 0 Å². The fraction of sp³-hybridized carbons (Fsp3) is 0.500. The van der Waals surface area contributed by atoms with Gasteiger partial charge in [-0.15, -0.1) is 0 Å². The zero-order chi connectivity index (χ0) is 20.1. The molecule has 2 aliphatic rings. The number of aryl methyl sites for hydroxylation is 2. The Morgan fingerprint density at radius 3 is 1.59 bits per heavy atom. The van der Waals surface area contributed by atoms with E-state index in [1.54, 1.807) is 0 Å². The Morgan fingerprint density at radius 2 is 1.10 bits per heavy atom. The van der Waals surface area contributed by atoms with Crippen LogP contribution in [0.1, 0.15) is 47.3 Å². The van der Waals surface area contributed by atoms with E-state index in [4.69, 9.17) is 14.2 Å². The third-order valence-corrected chi connectivity index (χ3v) is 5.89. The van der Waals surface area contributed by atoms with E-state index in [0.29, 0.717) is 26.4 Å². The quantitative estimate of drug-likeness (QED) is 0.669. The van der Waals surface area contributed by atoms with Crippen molar-refractivity contribution in [2.45, 2.75) is 50.1 Å². The molecule has 4 atom stereocenters. The number of fused-ring (bicyclic) bond motifs is 2. The maximum absolute atomic E-state index is 10.3. The molecule has 0 heterocycles. The van der Waals surface area contributed by atoms with Gasteiger partial charge in [0.15, 0.2) is 0 Å². The van der Waals surface area contributed by atoms with Gasteiger partial charge in [-0.1, -0.05) is 48.5 Å². The Bertz CT molecular complexity index is 727. The Labute approximate surface area is 172 Å². The van der Waals surface area contributed by atoms with Gasteiger partial charge in [-0.05, 0) is 47.9 Å². The van der Waals surface area contributed by atoms with Crippen LogP contribution in [-0.2, 0) is 27.1 Å². The van der Waals surface area contributed by atoms with Gasteiger partial charge < -0.3 is 24.4 Å². The number of hydrogen-bond acceptors (Lipinski definition) is 5. The normalized spacial score (nSPS) is 26.0. The molecule has 2 N–H and O–H groups in total. The second-order valence-electron chi connectivity index (χ2n) is 7.80. The molecule has 0 aromatic heterocycles. The van der Waals surface area contributed by atoms with Crippen molar-refractivity contribution < 1.29 is 24.4 Å². The monoisotopic (exact) mass is 398 g/mol. The summed E-state index contributed by atoms with van der Waals surface area (Å²) in [6.07, 6.45) is 1.72. The van der Waals surface area contributed by atoms with Crippen molar-refractivity contribution in [2.75, 3.05) is 26.4 Å². The van der Waals surface area contributed by atoms with E-state index in [0.717, 1.165) is 36.8 Å². The highest BCUT2D eigenvalue weighted by atomic mass is 16.6. The van der Waals surface area contributed by atoms with Crippen LogP contribution in [0, 0.1) is 0 Å². The molecular weight excluding hydrogens is 368 g/mol. The van der Waals surface area contributed by atoms with Crippen molar-refractivity contribution in [1.82, 2.24) is 0 Å². The molecule has 0 spiro atoms. The third-order valence-electron chi connectivity index (χ3n) is 5.89. The highest BCUT2D eigenvalue weighted by molar-refractivity contribution is 5.33. The zero-order valence-electron chi connectivity index (χ0n) is 16.7. The molecule has 2 aromatic rings. The molecule has 5 heteroatoms. The zero-order valence-corrected chi connectivity index (χ0v) is 16.7. The topological polar surface area (TPSA) is 68.2 Å². The molecule has 5 nitrogen and oxygen atoms in total. The number of aliphatic hydroxyl groups is 2. The summed E-state index contributed by atoms with van der Waals surface area (Å²) < 4.78 is 17.5. The van der Waals surface area contributed by atoms with Crippen molar-refractivity contribution in [3.63, 3.8) is 0 Å². The number of benzene rings is 2. The van der Waals surface area contributed by atoms with Crippen LogP contribution in [-0.4, -0.2) is 48.8 Å². The van der Waals surface area contributed by atoms with Gasteiger partial charge in [0.05, 0.1) is 38.6 Å². The standard InChI is InChI=1S/C24H30O5/c25-21-11-9-17-5-1-3-7-19(17)23(21)28-15-13-27-14-16-29-24-20-8-4-2-6-18(20)10-12-22(24)26/h1-8,21-26H,9-16H2/t21-,22-,23+,24+/m0/s1. The summed E-state index contributed by atoms with van der Waals surface area (Å²) in [6, 6.07) is 16.3. The minimum atomic E-state index is -0.471. The molecule has 2 aromatic carbocycles. The van der Waals surface area contributed by atoms with Crippen LogP contribution in [0.25, 0.3) is 0 Å². The Balaban J connectivity index is 1.18. The molecule has 0 unspecified atom stereocenters. The number of hydrogen-bond donors (Lipinski definition) is 2. The predicted octanol–water partition coefficient (Wildman–Crippen LogP) is 3.13. The molecule has 0 fully saturated rings. The number of aliphatic hydroxyl groups excluding tert-OH is 2. The summed E-state index contributed by atoms with van der Waals surface area (Å²) in [5, 5.41) is 20.6. The highest BCUT2D eigenvalue weighted by Crippen LogP contribution is 2.33. The van der Waals surface area contributed by atoms with Crippen LogP contribution in [0.15, 0.2) is 48.5 Å². The molecule has 0 amide bonds. The molecule has 0 aliphatic heterocycles. The van der Waals surface area contributed by atoms with Crippen molar-refractivity contribution in [3.8, 4) is 0 Å². The Morgan fingerprint density at radius 1 is 0.655 bits per heavy atom. The molecule has 0 radical (unpaired) electrons. The van der Waals surface area contributed by atoms with Crippen molar-refractivity contribution in [2.24, 2.45) is 0 Å². The lowest BCUT2D eigenvalue weighted by Gasteiger charge is -2.30. The van der Waals surface area contributed by atoms with E-state index in [2.05, 4.69) is 12.1 Å². The molecule has 4 rings (SSSR count). The first-order chi connectivity index (χ1) is 14.2. The lowest BCUT2D eigenvalue weighted by molar-refractivity contribution is -0.0835. The summed E-state index contributed by atoms with van der Waals surface area (Å²) in [5.74, 6) is 0. The second kappa shape index (κ2) is 9.83. The fourth-order valence-electron chi connectivity index (χ4n) is 4.37. The van der Waals surface area contributed by atoms with E-state index < -0.39 is 12.2 Å². The van der Waals surface area contributed by atoms with Crippen LogP contribution in [0.5, 0.6) is 0 Å². The van der Waals surface area contributed by atoms with Gasteiger partial charge in [0.2, 0.25) is 0 Å². The van der Waals surface area contributed by atoms with Crippen molar-refractivity contribution in [3.05, 3.63) is 70.8 Å². The van der Waals surface area contributed by atoms with Crippen molar-refractivity contribution in [1.29, 1.82) is 0 Å². The van der Waals surface area contributed by atoms with E-state index >= 15 is 0 Å². The van der Waals surface area contributed by atoms with E-state index in [1.165, 1.54) is 11.1 Å². The summed E-state index contributed by atoms with van der Waals surface area (Å²) in [6.45, 7) is 1.73. The Hall–Kier alpha value is -1.76. The van der Waals surface area contributed by atoms with Gasteiger partial charge in [-0.3, -0.25) is 0 Å². The average Bonchev–Trinajstić information content (AvgIpc) is 2.75. The summed E-state index contributed by atoms with van der Waals surface area (Å²) in [4.78, 5) is 0. The number of rotatable bonds is 8. The van der Waals surface area contributed by atoms with E-state index in [1.807, 2.05) is 36.4 Å². The van der Waals surface area contributed by atoms with Crippen LogP contribution in [0.4, 0.5) is 0 Å². The molecule has 156 valence electrons. The first-order valence-corrected chi connectivity index (χ1v) is 10.6. The summed E-state index contributed by atoms with van der Waals surface area (Å²) >= 11 is 0.